The molecule has 0 unspecified atom stereocenters. The van der Waals surface area contributed by atoms with Crippen molar-refractivity contribution in [2.24, 2.45) is 0 Å². The predicted molar refractivity (Wildman–Crippen MR) is 41.2 cm³/mol. The van der Waals surface area contributed by atoms with Gasteiger partial charge in [0.15, 0.2) is 0 Å². The van der Waals surface area contributed by atoms with E-state index in [-0.39, 0.29) is 0 Å². The standard InChI is InChI=1S/C6H13NS/c1-4-7(5-2)6(3)8/h4-5H2,1-3H3/i6+1. The highest BCUT2D eigenvalue weighted by molar-refractivity contribution is 7.80. The Bertz CT molecular complexity index is 76.6. The minimum absolute atomic E-state index is 0.995. The second kappa shape index (κ2) is 3.84. The van der Waals surface area contributed by atoms with Crippen molar-refractivity contribution < 1.29 is 0 Å². The quantitative estimate of drug-likeness (QED) is 0.415. The van der Waals surface area contributed by atoms with Crippen molar-refractivity contribution in [2.75, 3.05) is 13.1 Å². The molecule has 0 aliphatic carbocycles. The lowest BCUT2D eigenvalue weighted by Crippen LogP contribution is -2.26. The van der Waals surface area contributed by atoms with Gasteiger partial charge in [0.2, 0.25) is 0 Å². The van der Waals surface area contributed by atoms with E-state index in [0.29, 0.717) is 0 Å². The summed E-state index contributed by atoms with van der Waals surface area (Å²) in [7, 11) is 0. The van der Waals surface area contributed by atoms with Crippen molar-refractivity contribution in [3.63, 3.8) is 0 Å². The van der Waals surface area contributed by atoms with Gasteiger partial charge in [-0.2, -0.15) is 0 Å². The van der Waals surface area contributed by atoms with Crippen LogP contribution in [0.5, 0.6) is 0 Å². The largest absolute Gasteiger partial charge is 0.367 e. The van der Waals surface area contributed by atoms with Crippen LogP contribution in [0.25, 0.3) is 0 Å². The highest BCUT2D eigenvalue weighted by Gasteiger charge is 1.95. The number of hydrogen-bond donors (Lipinski definition) is 0. The molecule has 0 aromatic rings. The van der Waals surface area contributed by atoms with Crippen LogP contribution in [-0.4, -0.2) is 23.0 Å². The van der Waals surface area contributed by atoms with E-state index in [4.69, 9.17) is 12.2 Å². The van der Waals surface area contributed by atoms with Crippen LogP contribution in [-0.2, 0) is 0 Å². The predicted octanol–water partition coefficient (Wildman–Crippen LogP) is 1.68. The lowest BCUT2D eigenvalue weighted by atomic mass is 10.6. The molecule has 0 radical (unpaired) electrons. The van der Waals surface area contributed by atoms with Gasteiger partial charge in [0, 0.05) is 13.1 Å². The van der Waals surface area contributed by atoms with E-state index >= 15 is 0 Å². The van der Waals surface area contributed by atoms with E-state index < -0.39 is 0 Å². The van der Waals surface area contributed by atoms with E-state index in [1.54, 1.807) is 0 Å². The molecule has 0 aliphatic heterocycles. The van der Waals surface area contributed by atoms with Crippen LogP contribution >= 0.6 is 12.2 Å². The van der Waals surface area contributed by atoms with E-state index in [9.17, 15) is 0 Å². The first-order valence-electron chi connectivity index (χ1n) is 2.97. The topological polar surface area (TPSA) is 3.24 Å². The first kappa shape index (κ1) is 7.89. The van der Waals surface area contributed by atoms with Crippen molar-refractivity contribution in [1.82, 2.24) is 4.90 Å². The normalized spacial score (nSPS) is 8.88. The van der Waals surface area contributed by atoms with Crippen molar-refractivity contribution in [3.8, 4) is 0 Å². The Balaban J connectivity index is 3.52. The molecular weight excluding hydrogens is 119 g/mol. The number of nitrogens with zero attached hydrogens (tertiary/aromatic N) is 1. The summed E-state index contributed by atoms with van der Waals surface area (Å²) in [6, 6.07) is 0. The van der Waals surface area contributed by atoms with Crippen molar-refractivity contribution in [2.45, 2.75) is 20.8 Å². The van der Waals surface area contributed by atoms with Crippen LogP contribution in [0.2, 0.25) is 0 Å². The van der Waals surface area contributed by atoms with Gasteiger partial charge in [0.05, 0.1) is 4.99 Å². The lowest BCUT2D eigenvalue weighted by Gasteiger charge is -2.17. The average Bonchev–Trinajstić information content (AvgIpc) is 1.69. The molecule has 8 heavy (non-hydrogen) atoms. The van der Waals surface area contributed by atoms with Crippen LogP contribution < -0.4 is 0 Å². The first-order chi connectivity index (χ1) is 3.72. The van der Waals surface area contributed by atoms with Crippen LogP contribution in [0, 0.1) is 0 Å². The fourth-order valence-corrected chi connectivity index (χ4v) is 0.927. The highest BCUT2D eigenvalue weighted by atomic mass is 32.1. The molecule has 0 amide bonds. The lowest BCUT2D eigenvalue weighted by molar-refractivity contribution is 0.471. The van der Waals surface area contributed by atoms with Crippen LogP contribution in [0.15, 0.2) is 0 Å². The maximum Gasteiger partial charge on any atom is 0.0747 e. The molecule has 0 aromatic carbocycles. The monoisotopic (exact) mass is 132 g/mol. The summed E-state index contributed by atoms with van der Waals surface area (Å²) < 4.78 is 0. The first-order valence-corrected chi connectivity index (χ1v) is 3.38. The number of thiocarbonyl (C=S) groups is 1. The summed E-state index contributed by atoms with van der Waals surface area (Å²) in [5, 5.41) is 0. The van der Waals surface area contributed by atoms with E-state index in [0.717, 1.165) is 18.1 Å². The molecule has 0 saturated carbocycles. The zero-order valence-corrected chi connectivity index (χ0v) is 6.59. The minimum Gasteiger partial charge on any atom is -0.367 e. The fourth-order valence-electron chi connectivity index (χ4n) is 0.669. The van der Waals surface area contributed by atoms with Crippen molar-refractivity contribution >= 4 is 17.2 Å². The molecule has 0 aliphatic rings. The van der Waals surface area contributed by atoms with Gasteiger partial charge in [0.25, 0.3) is 0 Å². The van der Waals surface area contributed by atoms with Gasteiger partial charge in [-0.05, 0) is 20.8 Å². The van der Waals surface area contributed by atoms with Gasteiger partial charge in [-0.1, -0.05) is 12.2 Å². The van der Waals surface area contributed by atoms with Gasteiger partial charge in [-0.25, -0.2) is 0 Å². The van der Waals surface area contributed by atoms with Gasteiger partial charge < -0.3 is 4.90 Å². The summed E-state index contributed by atoms with van der Waals surface area (Å²) in [6.07, 6.45) is 0. The molecule has 2 heteroatoms. The molecule has 0 fully saturated rings. The Hall–Kier alpha value is -0.110. The number of hydrogen-bond acceptors (Lipinski definition) is 1. The molecule has 0 saturated heterocycles. The summed E-state index contributed by atoms with van der Waals surface area (Å²) in [6.45, 7) is 8.25. The Morgan fingerprint density at radius 1 is 1.38 bits per heavy atom. The molecule has 0 heterocycles. The highest BCUT2D eigenvalue weighted by Crippen LogP contribution is 1.88. The van der Waals surface area contributed by atoms with Crippen LogP contribution in [0.4, 0.5) is 0 Å². The Morgan fingerprint density at radius 3 is 1.75 bits per heavy atom. The summed E-state index contributed by atoms with van der Waals surface area (Å²) in [4.78, 5) is 3.14. The average molecular weight is 132 g/mol. The Morgan fingerprint density at radius 2 is 1.75 bits per heavy atom. The van der Waals surface area contributed by atoms with Crippen LogP contribution in [0.1, 0.15) is 20.8 Å². The third-order valence-corrected chi connectivity index (χ3v) is 1.47. The minimum atomic E-state index is 0.995. The molecule has 0 N–H and O–H groups in total. The summed E-state index contributed by atoms with van der Waals surface area (Å²) in [5.41, 5.74) is 0. The molecule has 0 bridgehead atoms. The third-order valence-electron chi connectivity index (χ3n) is 1.21. The Kier molecular flexibility index (Phi) is 3.79. The van der Waals surface area contributed by atoms with Crippen molar-refractivity contribution in [1.29, 1.82) is 0 Å². The summed E-state index contributed by atoms with van der Waals surface area (Å²) >= 11 is 4.94. The molecule has 0 rings (SSSR count). The SMILES string of the molecule is CCN(CC)[13C](C)=S. The zero-order valence-electron chi connectivity index (χ0n) is 5.77. The maximum absolute atomic E-state index is 4.94. The third kappa shape index (κ3) is 2.26. The Labute approximate surface area is 56.7 Å². The summed E-state index contributed by atoms with van der Waals surface area (Å²) in [5.74, 6) is 0. The molecule has 1 nitrogen and oxygen atoms in total. The van der Waals surface area contributed by atoms with Gasteiger partial charge >= 0.3 is 0 Å². The molecule has 0 spiro atoms. The van der Waals surface area contributed by atoms with Crippen molar-refractivity contribution in [3.05, 3.63) is 0 Å². The zero-order chi connectivity index (χ0) is 6.57. The van der Waals surface area contributed by atoms with E-state index in [1.165, 1.54) is 0 Å². The van der Waals surface area contributed by atoms with E-state index in [2.05, 4.69) is 18.7 Å². The molecular formula is C6H13NS. The second-order valence-electron chi connectivity index (χ2n) is 1.69. The second-order valence-corrected chi connectivity index (χ2v) is 2.28. The van der Waals surface area contributed by atoms with Crippen LogP contribution in [0.3, 0.4) is 0 Å². The molecule has 48 valence electrons. The van der Waals surface area contributed by atoms with Gasteiger partial charge in [-0.3, -0.25) is 0 Å². The molecule has 0 aromatic heterocycles. The number of rotatable bonds is 2. The van der Waals surface area contributed by atoms with E-state index in [1.807, 2.05) is 6.92 Å². The smallest absolute Gasteiger partial charge is 0.0747 e. The van der Waals surface area contributed by atoms with Gasteiger partial charge in [0.1, 0.15) is 0 Å². The maximum atomic E-state index is 4.94. The van der Waals surface area contributed by atoms with Gasteiger partial charge in [-0.15, -0.1) is 0 Å². The molecule has 0 atom stereocenters. The fraction of sp³-hybridized carbons (Fsp3) is 0.833.